The minimum atomic E-state index is 0.00162. The second-order valence-electron chi connectivity index (χ2n) is 4.56. The van der Waals surface area contributed by atoms with Gasteiger partial charge in [0.2, 0.25) is 0 Å². The molecular formula is C13H24O2. The lowest BCUT2D eigenvalue weighted by molar-refractivity contribution is -0.149. The van der Waals surface area contributed by atoms with Crippen molar-refractivity contribution < 1.29 is 9.53 Å². The summed E-state index contributed by atoms with van der Waals surface area (Å²) < 4.78 is 5.48. The Kier molecular flexibility index (Phi) is 6.45. The summed E-state index contributed by atoms with van der Waals surface area (Å²) >= 11 is 0. The molecule has 0 amide bonds. The van der Waals surface area contributed by atoms with Crippen LogP contribution in [0.1, 0.15) is 71.1 Å². The summed E-state index contributed by atoms with van der Waals surface area (Å²) in [6.07, 6.45) is 11.6. The SMILES string of the molecule is CCCC(=O)OC1CCCCCCCC1. The maximum absolute atomic E-state index is 11.4. The average Bonchev–Trinajstić information content (AvgIpc) is 2.32. The molecule has 0 spiro atoms. The van der Waals surface area contributed by atoms with Gasteiger partial charge in [-0.3, -0.25) is 4.79 Å². The molecule has 0 atom stereocenters. The van der Waals surface area contributed by atoms with Crippen LogP contribution in [0.5, 0.6) is 0 Å². The van der Waals surface area contributed by atoms with Crippen LogP contribution >= 0.6 is 0 Å². The van der Waals surface area contributed by atoms with Gasteiger partial charge in [-0.2, -0.15) is 0 Å². The topological polar surface area (TPSA) is 26.3 Å². The van der Waals surface area contributed by atoms with Gasteiger partial charge < -0.3 is 4.74 Å². The minimum absolute atomic E-state index is 0.00162. The normalized spacial score (nSPS) is 20.1. The highest BCUT2D eigenvalue weighted by molar-refractivity contribution is 5.69. The Labute approximate surface area is 93.4 Å². The van der Waals surface area contributed by atoms with Crippen LogP contribution in [0.25, 0.3) is 0 Å². The molecule has 2 heteroatoms. The Morgan fingerprint density at radius 1 is 1.07 bits per heavy atom. The summed E-state index contributed by atoms with van der Waals surface area (Å²) in [5, 5.41) is 0. The van der Waals surface area contributed by atoms with Crippen molar-refractivity contribution >= 4 is 5.97 Å². The molecule has 0 bridgehead atoms. The van der Waals surface area contributed by atoms with E-state index < -0.39 is 0 Å². The molecule has 88 valence electrons. The predicted octanol–water partition coefficient (Wildman–Crippen LogP) is 3.83. The molecule has 0 saturated heterocycles. The lowest BCUT2D eigenvalue weighted by atomic mass is 10.1. The molecule has 0 radical (unpaired) electrons. The Morgan fingerprint density at radius 2 is 1.60 bits per heavy atom. The highest BCUT2D eigenvalue weighted by Crippen LogP contribution is 2.19. The van der Waals surface area contributed by atoms with Crippen molar-refractivity contribution in [2.45, 2.75) is 77.2 Å². The fourth-order valence-electron chi connectivity index (χ4n) is 2.16. The standard InChI is InChI=1S/C13H24O2/c1-2-9-13(14)15-12-10-7-5-3-4-6-8-11-12/h12H,2-11H2,1H3. The molecule has 0 aliphatic heterocycles. The van der Waals surface area contributed by atoms with E-state index in [0.717, 1.165) is 19.3 Å². The van der Waals surface area contributed by atoms with Gasteiger partial charge in [0, 0.05) is 6.42 Å². The number of ether oxygens (including phenoxy) is 1. The Morgan fingerprint density at radius 3 is 2.13 bits per heavy atom. The number of esters is 1. The highest BCUT2D eigenvalue weighted by atomic mass is 16.5. The zero-order chi connectivity index (χ0) is 10.9. The Bertz CT molecular complexity index is 167. The maximum atomic E-state index is 11.4. The lowest BCUT2D eigenvalue weighted by Gasteiger charge is -2.16. The summed E-state index contributed by atoms with van der Waals surface area (Å²) in [5.41, 5.74) is 0. The largest absolute Gasteiger partial charge is 0.462 e. The van der Waals surface area contributed by atoms with E-state index in [0.29, 0.717) is 6.42 Å². The van der Waals surface area contributed by atoms with Crippen molar-refractivity contribution in [3.63, 3.8) is 0 Å². The van der Waals surface area contributed by atoms with Gasteiger partial charge in [-0.25, -0.2) is 0 Å². The first-order valence-corrected chi connectivity index (χ1v) is 6.52. The second-order valence-corrected chi connectivity index (χ2v) is 4.56. The van der Waals surface area contributed by atoms with Gasteiger partial charge in [0.1, 0.15) is 6.10 Å². The third-order valence-corrected chi connectivity index (χ3v) is 3.05. The molecule has 0 aromatic rings. The quantitative estimate of drug-likeness (QED) is 0.664. The van der Waals surface area contributed by atoms with E-state index in [1.165, 1.54) is 38.5 Å². The fraction of sp³-hybridized carbons (Fsp3) is 0.923. The Hall–Kier alpha value is -0.530. The van der Waals surface area contributed by atoms with Crippen LogP contribution in [0.15, 0.2) is 0 Å². The molecule has 0 aromatic heterocycles. The van der Waals surface area contributed by atoms with Gasteiger partial charge in [-0.15, -0.1) is 0 Å². The van der Waals surface area contributed by atoms with E-state index >= 15 is 0 Å². The maximum Gasteiger partial charge on any atom is 0.306 e. The number of carbonyl (C=O) groups excluding carboxylic acids is 1. The van der Waals surface area contributed by atoms with E-state index in [4.69, 9.17) is 4.74 Å². The van der Waals surface area contributed by atoms with Crippen molar-refractivity contribution in [1.29, 1.82) is 0 Å². The fourth-order valence-corrected chi connectivity index (χ4v) is 2.16. The van der Waals surface area contributed by atoms with Gasteiger partial charge in [0.05, 0.1) is 0 Å². The molecular weight excluding hydrogens is 188 g/mol. The van der Waals surface area contributed by atoms with Gasteiger partial charge >= 0.3 is 5.97 Å². The van der Waals surface area contributed by atoms with Gasteiger partial charge in [-0.05, 0) is 32.1 Å². The minimum Gasteiger partial charge on any atom is -0.462 e. The summed E-state index contributed by atoms with van der Waals surface area (Å²) in [6, 6.07) is 0. The molecule has 1 aliphatic carbocycles. The van der Waals surface area contributed by atoms with Crippen LogP contribution in [-0.4, -0.2) is 12.1 Å². The Balaban J connectivity index is 2.26. The molecule has 0 aromatic carbocycles. The first kappa shape index (κ1) is 12.5. The van der Waals surface area contributed by atoms with Crippen molar-refractivity contribution in [3.8, 4) is 0 Å². The number of rotatable bonds is 3. The molecule has 1 fully saturated rings. The zero-order valence-corrected chi connectivity index (χ0v) is 9.96. The lowest BCUT2D eigenvalue weighted by Crippen LogP contribution is -2.17. The number of hydrogen-bond donors (Lipinski definition) is 0. The van der Waals surface area contributed by atoms with Crippen LogP contribution < -0.4 is 0 Å². The predicted molar refractivity (Wildman–Crippen MR) is 61.7 cm³/mol. The van der Waals surface area contributed by atoms with E-state index in [1.54, 1.807) is 0 Å². The average molecular weight is 212 g/mol. The monoisotopic (exact) mass is 212 g/mol. The molecule has 1 aliphatic rings. The summed E-state index contributed by atoms with van der Waals surface area (Å²) in [7, 11) is 0. The molecule has 1 saturated carbocycles. The molecule has 0 N–H and O–H groups in total. The highest BCUT2D eigenvalue weighted by Gasteiger charge is 2.14. The van der Waals surface area contributed by atoms with E-state index in [-0.39, 0.29) is 12.1 Å². The first-order valence-electron chi connectivity index (χ1n) is 6.52. The molecule has 0 unspecified atom stereocenters. The smallest absolute Gasteiger partial charge is 0.306 e. The van der Waals surface area contributed by atoms with Crippen LogP contribution in [-0.2, 0) is 9.53 Å². The summed E-state index contributed by atoms with van der Waals surface area (Å²) in [4.78, 5) is 11.4. The van der Waals surface area contributed by atoms with Crippen LogP contribution in [0, 0.1) is 0 Å². The van der Waals surface area contributed by atoms with Crippen LogP contribution in [0.4, 0.5) is 0 Å². The summed E-state index contributed by atoms with van der Waals surface area (Å²) in [6.45, 7) is 2.02. The molecule has 15 heavy (non-hydrogen) atoms. The van der Waals surface area contributed by atoms with Gasteiger partial charge in [0.15, 0.2) is 0 Å². The zero-order valence-electron chi connectivity index (χ0n) is 9.96. The first-order chi connectivity index (χ1) is 7.33. The van der Waals surface area contributed by atoms with Gasteiger partial charge in [0.25, 0.3) is 0 Å². The van der Waals surface area contributed by atoms with Crippen molar-refractivity contribution in [2.75, 3.05) is 0 Å². The van der Waals surface area contributed by atoms with Gasteiger partial charge in [-0.1, -0.05) is 32.6 Å². The van der Waals surface area contributed by atoms with Crippen molar-refractivity contribution in [2.24, 2.45) is 0 Å². The van der Waals surface area contributed by atoms with E-state index in [9.17, 15) is 4.79 Å². The third-order valence-electron chi connectivity index (χ3n) is 3.05. The van der Waals surface area contributed by atoms with Crippen molar-refractivity contribution in [3.05, 3.63) is 0 Å². The molecule has 0 heterocycles. The number of hydrogen-bond acceptors (Lipinski definition) is 2. The molecule has 1 rings (SSSR count). The molecule has 2 nitrogen and oxygen atoms in total. The number of carbonyl (C=O) groups is 1. The summed E-state index contributed by atoms with van der Waals surface area (Å²) in [5.74, 6) is 0.00162. The van der Waals surface area contributed by atoms with Crippen LogP contribution in [0.2, 0.25) is 0 Å². The van der Waals surface area contributed by atoms with Crippen LogP contribution in [0.3, 0.4) is 0 Å². The third kappa shape index (κ3) is 5.81. The second kappa shape index (κ2) is 7.72. The van der Waals surface area contributed by atoms with E-state index in [1.807, 2.05) is 6.92 Å². The van der Waals surface area contributed by atoms with Crippen molar-refractivity contribution in [1.82, 2.24) is 0 Å². The van der Waals surface area contributed by atoms with E-state index in [2.05, 4.69) is 0 Å².